The van der Waals surface area contributed by atoms with Crippen molar-refractivity contribution < 1.29 is 19.1 Å². The minimum atomic E-state index is -0.418. The number of fused-ring (bicyclic) bond motifs is 8. The Morgan fingerprint density at radius 1 is 0.400 bits per heavy atom. The molecule has 25 nitrogen and oxygen atoms in total. The third kappa shape index (κ3) is 14.0. The van der Waals surface area contributed by atoms with E-state index in [2.05, 4.69) is 66.4 Å². The first-order valence-corrected chi connectivity index (χ1v) is 42.3. The molecule has 0 aliphatic heterocycles. The van der Waals surface area contributed by atoms with Crippen LogP contribution in [-0.4, -0.2) is 99.9 Å². The molecule has 24 rings (SSSR count). The molecule has 125 heavy (non-hydrogen) atoms. The zero-order chi connectivity index (χ0) is 84.5. The van der Waals surface area contributed by atoms with Crippen molar-refractivity contribution in [2.24, 2.45) is 0 Å². The standard InChI is InChI=1S/C25H22N6O.C25H22N6.C25H22N5O.C24H19FN6/c1-32-25-18-11-10-17(14-19(18)28-23(30-25)15-6-3-2-4-7-15)20-21-22(26)27-12-13-31(21)24(29-20)16-8-5-9-16;1-15-19-11-10-18(14-20(19)29-24(28-15)16-6-3-2-4-7-16)21-22-23(26)27-12-13-31(22)25(30-21)17-8-5-9-17;26-24-23-22(28-25(18-7-4-8-18)29(23)14-13-27-24)19-10-9-17-11-12-20(30(31)21(17)15-19)16-5-2-1-3-6-16;25-19-17(11-9-15-10-12-18(29-20(15)19)14-5-2-1-3-6-14)21-22-23(26)27-13-28-31(22)24(30-21)16-7-4-8-16/h2-4,6-7,10-14,16H,5,8-9H2,1H3,(H2,26,27);2-4,6-7,10-14,17H,5,8-9H2,1H3,(H2,26,27);1-3,5-6,9-15,18,31H,4,7-8H2,(H2,26,27);1-3,5-6,9-13,16H,4,7-8H2,(H2,26,27,28)/q;;+1;. The van der Waals surface area contributed by atoms with Gasteiger partial charge < -0.3 is 27.7 Å². The summed E-state index contributed by atoms with van der Waals surface area (Å²) in [5.74, 6) is 8.91. The molecule has 614 valence electrons. The smallest absolute Gasteiger partial charge is 0.265 e. The Morgan fingerprint density at radius 2 is 0.832 bits per heavy atom. The maximum Gasteiger partial charge on any atom is 0.265 e. The lowest BCUT2D eigenvalue weighted by Gasteiger charge is -2.23. The number of nitrogens with two attached hydrogens (primary N) is 4. The number of ether oxygens (including phenoxy) is 1. The summed E-state index contributed by atoms with van der Waals surface area (Å²) in [7, 11) is 1.63. The van der Waals surface area contributed by atoms with E-state index in [9.17, 15) is 5.21 Å². The lowest BCUT2D eigenvalue weighted by atomic mass is 9.85. The molecular formula is C99H85FN23O2+. The number of aryl methyl sites for hydroxylation is 1. The van der Waals surface area contributed by atoms with Gasteiger partial charge in [-0.3, -0.25) is 18.4 Å². The Labute approximate surface area is 716 Å². The van der Waals surface area contributed by atoms with E-state index in [-0.39, 0.29) is 5.82 Å². The molecule has 20 aromatic rings. The van der Waals surface area contributed by atoms with E-state index < -0.39 is 5.82 Å². The molecule has 0 saturated heterocycles. The second-order valence-corrected chi connectivity index (χ2v) is 32.4. The van der Waals surface area contributed by atoms with Crippen LogP contribution in [0.15, 0.2) is 256 Å². The average molecular weight is 1650 g/mol. The maximum atomic E-state index is 15.8. The van der Waals surface area contributed by atoms with Gasteiger partial charge in [0.05, 0.1) is 40.2 Å². The molecule has 0 spiro atoms. The number of hydrogen-bond acceptors (Lipinski definition) is 20. The Kier molecular flexibility index (Phi) is 19.7. The van der Waals surface area contributed by atoms with Crippen molar-refractivity contribution in [2.45, 2.75) is 108 Å². The molecule has 4 saturated carbocycles. The van der Waals surface area contributed by atoms with Crippen molar-refractivity contribution in [2.75, 3.05) is 30.0 Å². The van der Waals surface area contributed by atoms with Crippen LogP contribution in [0.2, 0.25) is 0 Å². The summed E-state index contributed by atoms with van der Waals surface area (Å²) in [5, 5.41) is 19.0. The summed E-state index contributed by atoms with van der Waals surface area (Å²) in [6.07, 6.45) is 26.4. The average Bonchev–Trinajstić information content (AvgIpc) is 1.61. The van der Waals surface area contributed by atoms with Gasteiger partial charge in [0, 0.05) is 133 Å². The summed E-state index contributed by atoms with van der Waals surface area (Å²) >= 11 is 0. The molecule has 0 bridgehead atoms. The second-order valence-electron chi connectivity index (χ2n) is 32.4. The van der Waals surface area contributed by atoms with Crippen LogP contribution in [0.25, 0.3) is 156 Å². The number of halogens is 1. The molecule has 0 amide bonds. The van der Waals surface area contributed by atoms with Gasteiger partial charge >= 0.3 is 0 Å². The van der Waals surface area contributed by atoms with Gasteiger partial charge in [-0.2, -0.15) is 10.1 Å². The van der Waals surface area contributed by atoms with E-state index in [1.807, 2.05) is 214 Å². The molecule has 0 unspecified atom stereocenters. The van der Waals surface area contributed by atoms with Gasteiger partial charge in [-0.15, -0.1) is 0 Å². The van der Waals surface area contributed by atoms with Gasteiger partial charge in [-0.1, -0.05) is 171 Å². The number of anilines is 4. The van der Waals surface area contributed by atoms with E-state index in [4.69, 9.17) is 62.6 Å². The van der Waals surface area contributed by atoms with Crippen LogP contribution in [0.4, 0.5) is 27.7 Å². The van der Waals surface area contributed by atoms with Crippen molar-refractivity contribution in [3.05, 3.63) is 291 Å². The highest BCUT2D eigenvalue weighted by atomic mass is 19.1. The molecule has 12 aromatic heterocycles. The van der Waals surface area contributed by atoms with Crippen molar-refractivity contribution in [3.63, 3.8) is 0 Å². The fraction of sp³-hybridized carbons (Fsp3) is 0.182. The number of hydrogen-bond donors (Lipinski definition) is 5. The van der Waals surface area contributed by atoms with Crippen molar-refractivity contribution in [3.8, 4) is 96.2 Å². The lowest BCUT2D eigenvalue weighted by Crippen LogP contribution is -2.33. The Morgan fingerprint density at radius 3 is 1.34 bits per heavy atom. The third-order valence-corrected chi connectivity index (χ3v) is 24.9. The first kappa shape index (κ1) is 76.8. The molecule has 0 atom stereocenters. The quantitative estimate of drug-likeness (QED) is 0.0529. The number of imidazole rings is 4. The topological polar surface area (TPSA) is 336 Å². The number of nitrogens with zero attached hydrogens (tertiary/aromatic N) is 19. The van der Waals surface area contributed by atoms with Gasteiger partial charge in [0.2, 0.25) is 5.88 Å². The first-order valence-electron chi connectivity index (χ1n) is 42.3. The largest absolute Gasteiger partial charge is 0.480 e. The fourth-order valence-corrected chi connectivity index (χ4v) is 17.4. The Hall–Kier alpha value is -15.6. The van der Waals surface area contributed by atoms with Crippen LogP contribution >= 0.6 is 0 Å². The summed E-state index contributed by atoms with van der Waals surface area (Å²) in [4.78, 5) is 60.7. The summed E-state index contributed by atoms with van der Waals surface area (Å²) in [5.41, 5.74) is 43.3. The van der Waals surface area contributed by atoms with Crippen LogP contribution in [0.5, 0.6) is 5.88 Å². The zero-order valence-corrected chi connectivity index (χ0v) is 68.6. The van der Waals surface area contributed by atoms with Gasteiger partial charge in [-0.05, 0) is 113 Å². The second kappa shape index (κ2) is 32.1. The van der Waals surface area contributed by atoms with Gasteiger partial charge in [0.15, 0.2) is 23.3 Å². The number of benzene rings is 8. The SMILES string of the molecule is COc1nc(-c2ccccc2)nc2cc(-c3nc(C4CCC4)n4ccnc(N)c34)ccc12.Cc1nc(-c2ccccc2)nc2cc(-c3nc(C4CCC4)n4ccnc(N)c34)ccc12.Nc1nccn2c(C3CCC3)nc(-c3ccc4ccc(-c5ccccc5)[n+](O)c4c3)c12.Nc1ncnn2c(C3CCC3)nc(-c3ccc4ccc(-c5ccccc5)nc4c3F)c12. The van der Waals surface area contributed by atoms with Crippen molar-refractivity contribution >= 4 is 88.9 Å². The molecule has 8 aromatic carbocycles. The number of rotatable bonds is 13. The monoisotopic (exact) mass is 1650 g/mol. The fourth-order valence-electron chi connectivity index (χ4n) is 17.4. The van der Waals surface area contributed by atoms with Gasteiger partial charge in [0.25, 0.3) is 11.2 Å². The lowest BCUT2D eigenvalue weighted by molar-refractivity contribution is -0.876. The van der Waals surface area contributed by atoms with Crippen LogP contribution in [-0.2, 0) is 0 Å². The molecule has 4 fully saturated rings. The van der Waals surface area contributed by atoms with Crippen LogP contribution < -0.4 is 32.4 Å². The van der Waals surface area contributed by atoms with Gasteiger partial charge in [-0.25, -0.2) is 68.7 Å². The highest BCUT2D eigenvalue weighted by Crippen LogP contribution is 2.46. The van der Waals surface area contributed by atoms with Crippen molar-refractivity contribution in [1.82, 2.24) is 87.6 Å². The summed E-state index contributed by atoms with van der Waals surface area (Å²) < 4.78 is 30.7. The van der Waals surface area contributed by atoms with Crippen LogP contribution in [0, 0.1) is 12.7 Å². The highest BCUT2D eigenvalue weighted by Gasteiger charge is 2.33. The number of methoxy groups -OCH3 is 1. The Bertz CT molecular complexity index is 7540. The van der Waals surface area contributed by atoms with E-state index in [0.717, 1.165) is 196 Å². The van der Waals surface area contributed by atoms with E-state index in [1.165, 1.54) is 43.2 Å². The van der Waals surface area contributed by atoms with Gasteiger partial charge in [0.1, 0.15) is 97.4 Å². The molecule has 4 aliphatic carbocycles. The molecule has 12 heterocycles. The highest BCUT2D eigenvalue weighted by molar-refractivity contribution is 5.97. The minimum Gasteiger partial charge on any atom is -0.480 e. The third-order valence-electron chi connectivity index (χ3n) is 24.9. The minimum absolute atomic E-state index is 0.286. The van der Waals surface area contributed by atoms with Crippen LogP contribution in [0.1, 0.15) is 130 Å². The molecule has 0 radical (unpaired) electrons. The predicted octanol–water partition coefficient (Wildman–Crippen LogP) is 19.6. The number of aromatic nitrogens is 19. The van der Waals surface area contributed by atoms with E-state index in [1.54, 1.807) is 36.3 Å². The molecule has 4 aliphatic rings. The Balaban J connectivity index is 0.000000102. The zero-order valence-electron chi connectivity index (χ0n) is 68.6. The normalized spacial score (nSPS) is 14.2. The van der Waals surface area contributed by atoms with E-state index >= 15 is 4.39 Å². The number of nitrogen functional groups attached to an aromatic ring is 4. The summed E-state index contributed by atoms with van der Waals surface area (Å²) in [6, 6.07) is 69.2. The van der Waals surface area contributed by atoms with Crippen LogP contribution in [0.3, 0.4) is 0 Å². The molecule has 9 N–H and O–H groups in total. The first-order chi connectivity index (χ1) is 61.3. The molecular weight excluding hydrogens is 1560 g/mol. The van der Waals surface area contributed by atoms with Crippen molar-refractivity contribution in [1.29, 1.82) is 0 Å². The van der Waals surface area contributed by atoms with E-state index in [0.29, 0.717) is 80.6 Å². The number of pyridine rings is 2. The summed E-state index contributed by atoms with van der Waals surface area (Å²) in [6.45, 7) is 2.03. The molecule has 26 heteroatoms. The predicted molar refractivity (Wildman–Crippen MR) is 485 cm³/mol. The maximum absolute atomic E-state index is 15.8.